The first kappa shape index (κ1) is 25.5. The minimum atomic E-state index is -5.01. The Morgan fingerprint density at radius 3 is 2.67 bits per heavy atom. The zero-order valence-electron chi connectivity index (χ0n) is 18.8. The molecule has 13 heteroatoms. The number of halogens is 4. The summed E-state index contributed by atoms with van der Waals surface area (Å²) < 4.78 is 44.7. The Bertz CT molecular complexity index is 1270. The van der Waals surface area contributed by atoms with Crippen molar-refractivity contribution in [1.29, 1.82) is 0 Å². The molecule has 3 aromatic heterocycles. The normalized spacial score (nSPS) is 16.6. The number of amides is 1. The zero-order chi connectivity index (χ0) is 25.9. The largest absolute Gasteiger partial charge is 0.487 e. The van der Waals surface area contributed by atoms with Crippen molar-refractivity contribution in [3.05, 3.63) is 76.1 Å². The first-order valence-corrected chi connectivity index (χ1v) is 11.3. The molecule has 4 rings (SSSR count). The molecule has 0 aliphatic carbocycles. The van der Waals surface area contributed by atoms with Crippen LogP contribution in [0.2, 0.25) is 5.02 Å². The average molecular weight is 523 g/mol. The second-order valence-corrected chi connectivity index (χ2v) is 8.54. The molecule has 1 saturated heterocycles. The summed E-state index contributed by atoms with van der Waals surface area (Å²) in [5, 5.41) is 2.32. The van der Waals surface area contributed by atoms with E-state index in [4.69, 9.17) is 22.1 Å². The van der Waals surface area contributed by atoms with E-state index in [-0.39, 0.29) is 12.2 Å². The van der Waals surface area contributed by atoms with E-state index >= 15 is 0 Å². The number of nitrogens with zero attached hydrogens (tertiary/aromatic N) is 4. The predicted molar refractivity (Wildman–Crippen MR) is 126 cm³/mol. The van der Waals surface area contributed by atoms with Crippen LogP contribution >= 0.6 is 11.6 Å². The predicted octanol–water partition coefficient (Wildman–Crippen LogP) is 2.79. The van der Waals surface area contributed by atoms with Crippen molar-refractivity contribution in [2.24, 2.45) is 5.73 Å². The first-order valence-electron chi connectivity index (χ1n) is 10.9. The summed E-state index contributed by atoms with van der Waals surface area (Å²) in [6.45, 7) is 0.681. The van der Waals surface area contributed by atoms with E-state index in [2.05, 4.69) is 9.97 Å². The van der Waals surface area contributed by atoms with E-state index < -0.39 is 24.3 Å². The van der Waals surface area contributed by atoms with Crippen molar-refractivity contribution in [1.82, 2.24) is 19.9 Å². The van der Waals surface area contributed by atoms with Crippen molar-refractivity contribution in [3.8, 4) is 11.4 Å². The second kappa shape index (κ2) is 10.5. The van der Waals surface area contributed by atoms with Gasteiger partial charge in [0.25, 0.3) is 5.56 Å². The standard InChI is InChI=1S/C23H22ClF3N6O3/c24-14-3-4-15(29-11-14)13-36-17-7-9-32(20(34)10-17)16-5-6-19(30-12-16)33-8-1-2-18(33)21(28)31-22(35)23(25,26)27/h3-7,9-12,18,21H,1-2,8,13,28H2,(H,31,35). The number of alkyl halides is 3. The maximum Gasteiger partial charge on any atom is 0.471 e. The fourth-order valence-electron chi connectivity index (χ4n) is 3.88. The third-order valence-electron chi connectivity index (χ3n) is 5.64. The monoisotopic (exact) mass is 522 g/mol. The van der Waals surface area contributed by atoms with Gasteiger partial charge in [0, 0.05) is 25.0 Å². The molecule has 0 saturated carbocycles. The number of pyridine rings is 3. The van der Waals surface area contributed by atoms with Crippen LogP contribution in [0.3, 0.4) is 0 Å². The third-order valence-corrected chi connectivity index (χ3v) is 5.86. The number of hydrogen-bond donors (Lipinski definition) is 2. The number of carbonyl (C=O) groups excluding carboxylic acids is 1. The lowest BCUT2D eigenvalue weighted by Crippen LogP contribution is -2.57. The smallest absolute Gasteiger partial charge is 0.471 e. The molecule has 9 nitrogen and oxygen atoms in total. The van der Waals surface area contributed by atoms with E-state index in [1.807, 2.05) is 5.32 Å². The Morgan fingerprint density at radius 2 is 2.03 bits per heavy atom. The summed E-state index contributed by atoms with van der Waals surface area (Å²) in [5.41, 5.74) is 6.65. The molecule has 1 fully saturated rings. The number of rotatable bonds is 7. The van der Waals surface area contributed by atoms with Crippen LogP contribution < -0.4 is 26.2 Å². The number of nitrogens with two attached hydrogens (primary N) is 1. The number of hydrogen-bond acceptors (Lipinski definition) is 7. The lowest BCUT2D eigenvalue weighted by atomic mass is 10.1. The van der Waals surface area contributed by atoms with Gasteiger partial charge in [-0.15, -0.1) is 0 Å². The Morgan fingerprint density at radius 1 is 1.22 bits per heavy atom. The molecular weight excluding hydrogens is 501 g/mol. The quantitative estimate of drug-likeness (QED) is 0.458. The highest BCUT2D eigenvalue weighted by Crippen LogP contribution is 2.26. The summed E-state index contributed by atoms with van der Waals surface area (Å²) in [7, 11) is 0. The molecule has 3 aromatic rings. The fourth-order valence-corrected chi connectivity index (χ4v) is 4.00. The van der Waals surface area contributed by atoms with Crippen LogP contribution in [0.25, 0.3) is 5.69 Å². The topological polar surface area (TPSA) is 115 Å². The molecule has 1 aliphatic rings. The second-order valence-electron chi connectivity index (χ2n) is 8.10. The molecule has 0 aromatic carbocycles. The highest BCUT2D eigenvalue weighted by atomic mass is 35.5. The van der Waals surface area contributed by atoms with Crippen LogP contribution in [-0.2, 0) is 11.4 Å². The highest BCUT2D eigenvalue weighted by Gasteiger charge is 2.41. The summed E-state index contributed by atoms with van der Waals surface area (Å²) in [4.78, 5) is 34.1. The van der Waals surface area contributed by atoms with Crippen molar-refractivity contribution in [2.45, 2.75) is 37.8 Å². The Labute approximate surface area is 208 Å². The zero-order valence-corrected chi connectivity index (χ0v) is 19.5. The first-order chi connectivity index (χ1) is 17.1. The number of ether oxygens (including phenoxy) is 1. The van der Waals surface area contributed by atoms with Gasteiger partial charge in [0.1, 0.15) is 18.2 Å². The molecule has 2 unspecified atom stereocenters. The SMILES string of the molecule is NC(NC(=O)C(F)(F)F)C1CCCN1c1ccc(-n2ccc(OCc3ccc(Cl)cn3)cc2=O)cn1. The van der Waals surface area contributed by atoms with E-state index in [1.165, 1.54) is 23.0 Å². The lowest BCUT2D eigenvalue weighted by Gasteiger charge is -2.31. The van der Waals surface area contributed by atoms with Gasteiger partial charge in [-0.05, 0) is 43.2 Å². The van der Waals surface area contributed by atoms with Crippen LogP contribution in [0.15, 0.2) is 59.8 Å². The summed E-state index contributed by atoms with van der Waals surface area (Å²) in [6, 6.07) is 9.14. The molecule has 1 aliphatic heterocycles. The molecule has 190 valence electrons. The van der Waals surface area contributed by atoms with E-state index in [0.717, 1.165) is 0 Å². The van der Waals surface area contributed by atoms with Crippen molar-refractivity contribution in [3.63, 3.8) is 0 Å². The minimum absolute atomic E-state index is 0.166. The minimum Gasteiger partial charge on any atom is -0.487 e. The Kier molecular flexibility index (Phi) is 7.45. The maximum atomic E-state index is 12.6. The van der Waals surface area contributed by atoms with Gasteiger partial charge in [0.2, 0.25) is 0 Å². The van der Waals surface area contributed by atoms with Crippen LogP contribution in [0.1, 0.15) is 18.5 Å². The average Bonchev–Trinajstić information content (AvgIpc) is 3.33. The van der Waals surface area contributed by atoms with Crippen LogP contribution in [0.5, 0.6) is 5.75 Å². The molecule has 0 radical (unpaired) electrons. The van der Waals surface area contributed by atoms with E-state index in [1.54, 1.807) is 41.4 Å². The van der Waals surface area contributed by atoms with Crippen LogP contribution in [-0.4, -0.2) is 45.4 Å². The Hall–Kier alpha value is -3.64. The van der Waals surface area contributed by atoms with Gasteiger partial charge in [0.15, 0.2) is 0 Å². The van der Waals surface area contributed by atoms with Gasteiger partial charge < -0.3 is 20.7 Å². The molecule has 0 spiro atoms. The van der Waals surface area contributed by atoms with E-state index in [0.29, 0.717) is 47.4 Å². The van der Waals surface area contributed by atoms with Gasteiger partial charge >= 0.3 is 12.1 Å². The summed E-state index contributed by atoms with van der Waals surface area (Å²) in [6.07, 6.45) is -0.533. The molecule has 4 heterocycles. The number of anilines is 1. The van der Waals surface area contributed by atoms with Crippen molar-refractivity contribution >= 4 is 23.3 Å². The summed E-state index contributed by atoms with van der Waals surface area (Å²) in [5.74, 6) is -1.24. The Balaban J connectivity index is 1.43. The van der Waals surface area contributed by atoms with Gasteiger partial charge in [-0.1, -0.05) is 11.6 Å². The number of nitrogens with one attached hydrogen (secondary N) is 1. The molecule has 2 atom stereocenters. The van der Waals surface area contributed by atoms with Gasteiger partial charge in [-0.2, -0.15) is 13.2 Å². The van der Waals surface area contributed by atoms with Gasteiger partial charge in [0.05, 0.1) is 34.8 Å². The third kappa shape index (κ3) is 5.94. The highest BCUT2D eigenvalue weighted by molar-refractivity contribution is 6.30. The van der Waals surface area contributed by atoms with Crippen LogP contribution in [0, 0.1) is 0 Å². The van der Waals surface area contributed by atoms with Gasteiger partial charge in [-0.25, -0.2) is 4.98 Å². The van der Waals surface area contributed by atoms with E-state index in [9.17, 15) is 22.8 Å². The van der Waals surface area contributed by atoms with Crippen LogP contribution in [0.4, 0.5) is 19.0 Å². The number of aromatic nitrogens is 3. The van der Waals surface area contributed by atoms with Crippen molar-refractivity contribution < 1.29 is 22.7 Å². The maximum absolute atomic E-state index is 12.6. The molecule has 36 heavy (non-hydrogen) atoms. The molecule has 3 N–H and O–H groups in total. The number of carbonyl (C=O) groups is 1. The molecule has 1 amide bonds. The molecule has 0 bridgehead atoms. The fraction of sp³-hybridized carbons (Fsp3) is 0.304. The summed E-state index contributed by atoms with van der Waals surface area (Å²) >= 11 is 5.81. The van der Waals surface area contributed by atoms with Crippen molar-refractivity contribution in [2.75, 3.05) is 11.4 Å². The lowest BCUT2D eigenvalue weighted by molar-refractivity contribution is -0.174. The van der Waals surface area contributed by atoms with Gasteiger partial charge in [-0.3, -0.25) is 19.1 Å². The molecular formula is C23H22ClF3N6O3.